The van der Waals surface area contributed by atoms with Gasteiger partial charge in [-0.1, -0.05) is 30.3 Å². The van der Waals surface area contributed by atoms with Gasteiger partial charge in [0, 0.05) is 73.1 Å². The summed E-state index contributed by atoms with van der Waals surface area (Å²) < 4.78 is 40.6. The average Bonchev–Trinajstić information content (AvgIpc) is 3.37. The minimum atomic E-state index is -4.37. The van der Waals surface area contributed by atoms with Crippen LogP contribution >= 0.6 is 0 Å². The van der Waals surface area contributed by atoms with Crippen molar-refractivity contribution >= 4 is 0 Å². The van der Waals surface area contributed by atoms with Gasteiger partial charge in [-0.05, 0) is 36.4 Å². The van der Waals surface area contributed by atoms with E-state index in [9.17, 15) is 13.2 Å². The van der Waals surface area contributed by atoms with Gasteiger partial charge in [0.15, 0.2) is 5.82 Å². The first-order valence-corrected chi connectivity index (χ1v) is 12.2. The van der Waals surface area contributed by atoms with E-state index in [1.54, 1.807) is 18.6 Å². The quantitative estimate of drug-likeness (QED) is 0.291. The number of hydrogen-bond acceptors (Lipinski definition) is 5. The minimum Gasteiger partial charge on any atom is -0.294 e. The Morgan fingerprint density at radius 2 is 1.63 bits per heavy atom. The summed E-state index contributed by atoms with van der Waals surface area (Å²) in [6.07, 6.45) is 3.76. The van der Waals surface area contributed by atoms with Crippen molar-refractivity contribution in [2.24, 2.45) is 0 Å². The van der Waals surface area contributed by atoms with Crippen molar-refractivity contribution in [3.8, 4) is 28.3 Å². The number of pyridine rings is 1. The molecule has 6 rings (SSSR count). The highest BCUT2D eigenvalue weighted by molar-refractivity contribution is 5.62. The highest BCUT2D eigenvalue weighted by Crippen LogP contribution is 2.31. The Balaban J connectivity index is 1.23. The van der Waals surface area contributed by atoms with E-state index in [0.29, 0.717) is 24.5 Å². The molecule has 9 heteroatoms. The van der Waals surface area contributed by atoms with Gasteiger partial charge in [0.05, 0.1) is 22.6 Å². The maximum atomic E-state index is 12.9. The zero-order valence-corrected chi connectivity index (χ0v) is 20.3. The van der Waals surface area contributed by atoms with Crippen molar-refractivity contribution in [3.05, 3.63) is 114 Å². The maximum Gasteiger partial charge on any atom is 0.416 e. The SMILES string of the molecule is FC(F)(F)c1ccc(-c2ncc3c(n2)CCN(Cc2cn(-c4ccccc4)nc2-c2ccncc2)C3)cc1. The molecule has 0 saturated heterocycles. The van der Waals surface area contributed by atoms with E-state index in [2.05, 4.69) is 26.0 Å². The van der Waals surface area contributed by atoms with Gasteiger partial charge in [0.1, 0.15) is 0 Å². The molecule has 1 aliphatic heterocycles. The van der Waals surface area contributed by atoms with Crippen LogP contribution in [0.3, 0.4) is 0 Å². The van der Waals surface area contributed by atoms with E-state index in [-0.39, 0.29) is 0 Å². The summed E-state index contributed by atoms with van der Waals surface area (Å²) in [5.41, 5.74) is 5.85. The molecule has 0 unspecified atom stereocenters. The first kappa shape index (κ1) is 24.0. The molecule has 0 fully saturated rings. The van der Waals surface area contributed by atoms with E-state index in [1.807, 2.05) is 47.1 Å². The molecule has 0 radical (unpaired) electrons. The molecule has 0 aliphatic carbocycles. The molecule has 4 heterocycles. The van der Waals surface area contributed by atoms with Gasteiger partial charge in [-0.3, -0.25) is 9.88 Å². The summed E-state index contributed by atoms with van der Waals surface area (Å²) in [5, 5.41) is 4.89. The van der Waals surface area contributed by atoms with Gasteiger partial charge in [-0.15, -0.1) is 0 Å². The highest BCUT2D eigenvalue weighted by atomic mass is 19.4. The molecule has 1 aliphatic rings. The van der Waals surface area contributed by atoms with Crippen LogP contribution in [0.2, 0.25) is 0 Å². The third-order valence-corrected chi connectivity index (χ3v) is 6.64. The fourth-order valence-corrected chi connectivity index (χ4v) is 4.69. The van der Waals surface area contributed by atoms with Gasteiger partial charge in [-0.25, -0.2) is 14.6 Å². The maximum absolute atomic E-state index is 12.9. The number of para-hydroxylation sites is 1. The lowest BCUT2D eigenvalue weighted by atomic mass is 10.0. The molecule has 0 saturated carbocycles. The zero-order valence-electron chi connectivity index (χ0n) is 20.3. The largest absolute Gasteiger partial charge is 0.416 e. The summed E-state index contributed by atoms with van der Waals surface area (Å²) in [7, 11) is 0. The predicted molar refractivity (Wildman–Crippen MR) is 137 cm³/mol. The van der Waals surface area contributed by atoms with Gasteiger partial charge < -0.3 is 0 Å². The Morgan fingerprint density at radius 1 is 0.868 bits per heavy atom. The van der Waals surface area contributed by atoms with Gasteiger partial charge in [0.2, 0.25) is 0 Å². The van der Waals surface area contributed by atoms with E-state index < -0.39 is 11.7 Å². The summed E-state index contributed by atoms with van der Waals surface area (Å²) in [6, 6.07) is 18.9. The van der Waals surface area contributed by atoms with Crippen LogP contribution in [-0.2, 0) is 25.7 Å². The van der Waals surface area contributed by atoms with E-state index in [1.165, 1.54) is 12.1 Å². The number of hydrogen-bond donors (Lipinski definition) is 0. The molecule has 3 aromatic heterocycles. The van der Waals surface area contributed by atoms with Crippen LogP contribution in [-0.4, -0.2) is 36.2 Å². The van der Waals surface area contributed by atoms with Crippen LogP contribution in [0.25, 0.3) is 28.3 Å². The molecule has 0 amide bonds. The number of alkyl halides is 3. The fraction of sp³-hybridized carbons (Fsp3) is 0.172. The Morgan fingerprint density at radius 3 is 2.37 bits per heavy atom. The van der Waals surface area contributed by atoms with Crippen LogP contribution in [0, 0.1) is 0 Å². The Labute approximate surface area is 217 Å². The van der Waals surface area contributed by atoms with Gasteiger partial charge in [0.25, 0.3) is 0 Å². The first-order chi connectivity index (χ1) is 18.4. The molecule has 0 spiro atoms. The molecule has 38 heavy (non-hydrogen) atoms. The number of nitrogens with zero attached hydrogens (tertiary/aromatic N) is 6. The van der Waals surface area contributed by atoms with Crippen LogP contribution in [0.15, 0.2) is 91.5 Å². The standard InChI is InChI=1S/C29H23F3N6/c30-29(31,32)24-8-6-21(7-9-24)28-34-16-22-17-37(15-12-26(22)35-28)18-23-19-38(25-4-2-1-3-5-25)36-27(23)20-10-13-33-14-11-20/h1-11,13-14,16,19H,12,15,17-18H2. The van der Waals surface area contributed by atoms with Crippen LogP contribution in [0.4, 0.5) is 13.2 Å². The molecule has 2 aromatic carbocycles. The van der Waals surface area contributed by atoms with Crippen LogP contribution < -0.4 is 0 Å². The molecular formula is C29H23F3N6. The van der Waals surface area contributed by atoms with E-state index in [0.717, 1.165) is 58.9 Å². The third kappa shape index (κ3) is 4.92. The van der Waals surface area contributed by atoms with Gasteiger partial charge >= 0.3 is 6.18 Å². The molecule has 190 valence electrons. The third-order valence-electron chi connectivity index (χ3n) is 6.64. The van der Waals surface area contributed by atoms with Crippen molar-refractivity contribution in [3.63, 3.8) is 0 Å². The number of benzene rings is 2. The number of halogens is 3. The summed E-state index contributed by atoms with van der Waals surface area (Å²) in [4.78, 5) is 15.6. The average molecular weight is 513 g/mol. The zero-order chi connectivity index (χ0) is 26.1. The minimum absolute atomic E-state index is 0.440. The Bertz CT molecular complexity index is 1550. The normalized spacial score (nSPS) is 13.9. The number of rotatable bonds is 5. The summed E-state index contributed by atoms with van der Waals surface area (Å²) >= 11 is 0. The monoisotopic (exact) mass is 512 g/mol. The lowest BCUT2D eigenvalue weighted by molar-refractivity contribution is -0.137. The highest BCUT2D eigenvalue weighted by Gasteiger charge is 2.30. The van der Waals surface area contributed by atoms with Crippen molar-refractivity contribution in [1.82, 2.24) is 29.6 Å². The number of fused-ring (bicyclic) bond motifs is 1. The second-order valence-electron chi connectivity index (χ2n) is 9.22. The topological polar surface area (TPSA) is 59.7 Å². The molecule has 5 aromatic rings. The van der Waals surface area contributed by atoms with Crippen molar-refractivity contribution in [2.75, 3.05) is 6.54 Å². The van der Waals surface area contributed by atoms with E-state index in [4.69, 9.17) is 5.10 Å². The predicted octanol–water partition coefficient (Wildman–Crippen LogP) is 5.97. The fourth-order valence-electron chi connectivity index (χ4n) is 4.69. The molecular weight excluding hydrogens is 489 g/mol. The van der Waals surface area contributed by atoms with E-state index >= 15 is 0 Å². The summed E-state index contributed by atoms with van der Waals surface area (Å²) in [5.74, 6) is 0.440. The first-order valence-electron chi connectivity index (χ1n) is 12.2. The lowest BCUT2D eigenvalue weighted by Crippen LogP contribution is -2.31. The number of aromatic nitrogens is 5. The molecule has 0 N–H and O–H groups in total. The Hall–Kier alpha value is -4.37. The molecule has 6 nitrogen and oxygen atoms in total. The van der Waals surface area contributed by atoms with Crippen LogP contribution in [0.1, 0.15) is 22.4 Å². The second-order valence-corrected chi connectivity index (χ2v) is 9.22. The van der Waals surface area contributed by atoms with Gasteiger partial charge in [-0.2, -0.15) is 18.3 Å². The Kier molecular flexibility index (Phi) is 6.21. The van der Waals surface area contributed by atoms with Crippen LogP contribution in [0.5, 0.6) is 0 Å². The van der Waals surface area contributed by atoms with Crippen molar-refractivity contribution in [2.45, 2.75) is 25.7 Å². The lowest BCUT2D eigenvalue weighted by Gasteiger charge is -2.28. The smallest absolute Gasteiger partial charge is 0.294 e. The summed E-state index contributed by atoms with van der Waals surface area (Å²) in [6.45, 7) is 2.17. The van der Waals surface area contributed by atoms with Crippen molar-refractivity contribution < 1.29 is 13.2 Å². The second kappa shape index (κ2) is 9.83. The molecule has 0 bridgehead atoms. The molecule has 0 atom stereocenters. The van der Waals surface area contributed by atoms with Crippen molar-refractivity contribution in [1.29, 1.82) is 0 Å².